The van der Waals surface area contributed by atoms with Crippen molar-refractivity contribution in [2.45, 2.75) is 25.8 Å². The summed E-state index contributed by atoms with van der Waals surface area (Å²) in [6.07, 6.45) is 1.64. The normalized spacial score (nSPS) is 12.6. The molecule has 0 aliphatic heterocycles. The van der Waals surface area contributed by atoms with Crippen molar-refractivity contribution >= 4 is 34.4 Å². The van der Waals surface area contributed by atoms with Gasteiger partial charge in [-0.1, -0.05) is 24.9 Å². The molecule has 20 heavy (non-hydrogen) atoms. The number of aliphatic hydroxyl groups is 1. The molecule has 0 saturated heterocycles. The molecule has 0 amide bonds. The van der Waals surface area contributed by atoms with E-state index in [4.69, 9.17) is 17.3 Å². The molecule has 8 heteroatoms. The van der Waals surface area contributed by atoms with Gasteiger partial charge in [0, 0.05) is 6.07 Å². The zero-order valence-electron chi connectivity index (χ0n) is 10.9. The van der Waals surface area contributed by atoms with Gasteiger partial charge in [-0.05, 0) is 6.42 Å². The van der Waals surface area contributed by atoms with Crippen LogP contribution in [0.15, 0.2) is 6.07 Å². The van der Waals surface area contributed by atoms with Crippen molar-refractivity contribution in [2.24, 2.45) is 0 Å². The summed E-state index contributed by atoms with van der Waals surface area (Å²) >= 11 is 5.68. The molecule has 0 aliphatic rings. The van der Waals surface area contributed by atoms with Crippen molar-refractivity contribution in [2.75, 3.05) is 17.7 Å². The Morgan fingerprint density at radius 3 is 2.85 bits per heavy atom. The molecule has 108 valence electrons. The first-order valence-corrected chi connectivity index (χ1v) is 6.59. The fraction of sp³-hybridized carbons (Fsp3) is 0.417. The summed E-state index contributed by atoms with van der Waals surface area (Å²) < 4.78 is 13.4. The Hall–Kier alpha value is -1.73. The van der Waals surface area contributed by atoms with Crippen LogP contribution >= 0.6 is 11.6 Å². The average molecular weight is 300 g/mol. The largest absolute Gasteiger partial charge is 0.394 e. The highest BCUT2D eigenvalue weighted by molar-refractivity contribution is 6.30. The molecule has 2 rings (SSSR count). The SMILES string of the molecule is CCCC(CO)Nc1nc(N)nc2cc(F)c(Cl)nc12. The number of halogens is 2. The Morgan fingerprint density at radius 1 is 1.45 bits per heavy atom. The van der Waals surface area contributed by atoms with Gasteiger partial charge >= 0.3 is 0 Å². The molecule has 4 N–H and O–H groups in total. The molecule has 0 fully saturated rings. The van der Waals surface area contributed by atoms with Crippen LogP contribution in [-0.4, -0.2) is 32.7 Å². The van der Waals surface area contributed by atoms with Crippen LogP contribution in [0.5, 0.6) is 0 Å². The zero-order chi connectivity index (χ0) is 14.7. The number of nitrogens with zero attached hydrogens (tertiary/aromatic N) is 3. The number of aliphatic hydroxyl groups excluding tert-OH is 1. The van der Waals surface area contributed by atoms with Gasteiger partial charge in [0.25, 0.3) is 0 Å². The van der Waals surface area contributed by atoms with E-state index in [1.165, 1.54) is 0 Å². The van der Waals surface area contributed by atoms with Gasteiger partial charge in [-0.25, -0.2) is 14.4 Å². The molecule has 0 aromatic carbocycles. The van der Waals surface area contributed by atoms with Gasteiger partial charge in [-0.2, -0.15) is 4.98 Å². The molecule has 2 aromatic rings. The molecule has 0 saturated carbocycles. The first kappa shape index (κ1) is 14.7. The van der Waals surface area contributed by atoms with Gasteiger partial charge in [0.2, 0.25) is 5.95 Å². The van der Waals surface area contributed by atoms with Gasteiger partial charge in [0.05, 0.1) is 18.2 Å². The average Bonchev–Trinajstić information content (AvgIpc) is 2.40. The Bertz CT molecular complexity index is 624. The van der Waals surface area contributed by atoms with Gasteiger partial charge in [0.15, 0.2) is 16.8 Å². The Labute approximate surface area is 120 Å². The molecular formula is C12H15ClFN5O. The van der Waals surface area contributed by atoms with Crippen LogP contribution < -0.4 is 11.1 Å². The molecule has 0 spiro atoms. The Morgan fingerprint density at radius 2 is 2.20 bits per heavy atom. The molecule has 1 atom stereocenters. The first-order chi connectivity index (χ1) is 9.55. The van der Waals surface area contributed by atoms with Crippen LogP contribution in [0.1, 0.15) is 19.8 Å². The lowest BCUT2D eigenvalue weighted by molar-refractivity contribution is 0.268. The van der Waals surface area contributed by atoms with Crippen molar-refractivity contribution < 1.29 is 9.50 Å². The van der Waals surface area contributed by atoms with E-state index in [1.54, 1.807) is 0 Å². The number of rotatable bonds is 5. The quantitative estimate of drug-likeness (QED) is 0.730. The minimum atomic E-state index is -0.671. The minimum Gasteiger partial charge on any atom is -0.394 e. The highest BCUT2D eigenvalue weighted by Gasteiger charge is 2.15. The summed E-state index contributed by atoms with van der Waals surface area (Å²) in [6.45, 7) is 1.94. The minimum absolute atomic E-state index is 0.00305. The van der Waals surface area contributed by atoms with E-state index in [0.717, 1.165) is 18.9 Å². The van der Waals surface area contributed by atoms with Crippen LogP contribution in [0.4, 0.5) is 16.2 Å². The molecule has 2 aromatic heterocycles. The Balaban J connectivity index is 2.48. The predicted octanol–water partition coefficient (Wildman–Crippen LogP) is 1.97. The van der Waals surface area contributed by atoms with E-state index in [0.29, 0.717) is 11.3 Å². The number of anilines is 2. The van der Waals surface area contributed by atoms with Crippen LogP contribution in [0.3, 0.4) is 0 Å². The lowest BCUT2D eigenvalue weighted by Gasteiger charge is -2.17. The van der Waals surface area contributed by atoms with E-state index in [2.05, 4.69) is 20.3 Å². The summed E-state index contributed by atoms with van der Waals surface area (Å²) in [5.41, 5.74) is 6.17. The van der Waals surface area contributed by atoms with Crippen LogP contribution in [0, 0.1) is 5.82 Å². The fourth-order valence-corrected chi connectivity index (χ4v) is 2.02. The smallest absolute Gasteiger partial charge is 0.222 e. The van der Waals surface area contributed by atoms with E-state index >= 15 is 0 Å². The van der Waals surface area contributed by atoms with Crippen molar-refractivity contribution in [3.63, 3.8) is 0 Å². The highest BCUT2D eigenvalue weighted by Crippen LogP contribution is 2.24. The second kappa shape index (κ2) is 6.15. The maximum absolute atomic E-state index is 13.4. The van der Waals surface area contributed by atoms with Crippen LogP contribution in [0.25, 0.3) is 11.0 Å². The summed E-state index contributed by atoms with van der Waals surface area (Å²) in [7, 11) is 0. The van der Waals surface area contributed by atoms with Crippen LogP contribution in [-0.2, 0) is 0 Å². The number of hydrogen-bond donors (Lipinski definition) is 3. The van der Waals surface area contributed by atoms with Crippen molar-refractivity contribution in [3.05, 3.63) is 17.0 Å². The second-order valence-corrected chi connectivity index (χ2v) is 4.73. The Kier molecular flexibility index (Phi) is 4.51. The number of nitrogens with one attached hydrogen (secondary N) is 1. The third kappa shape index (κ3) is 3.05. The van der Waals surface area contributed by atoms with Crippen LogP contribution in [0.2, 0.25) is 5.15 Å². The number of pyridine rings is 1. The van der Waals surface area contributed by atoms with Gasteiger partial charge in [0.1, 0.15) is 5.52 Å². The van der Waals surface area contributed by atoms with E-state index in [9.17, 15) is 9.50 Å². The molecule has 0 aliphatic carbocycles. The standard InChI is InChI=1S/C12H15ClFN5O/c1-2-3-6(5-20)16-11-9-8(17-12(15)19-11)4-7(14)10(13)18-9/h4,6,20H,2-3,5H2,1H3,(H3,15,16,17,19). The maximum Gasteiger partial charge on any atom is 0.222 e. The molecular weight excluding hydrogens is 285 g/mol. The third-order valence-electron chi connectivity index (χ3n) is 2.80. The topological polar surface area (TPSA) is 97.0 Å². The lowest BCUT2D eigenvalue weighted by Crippen LogP contribution is -2.24. The van der Waals surface area contributed by atoms with E-state index in [1.807, 2.05) is 6.92 Å². The number of hydrogen-bond acceptors (Lipinski definition) is 6. The second-order valence-electron chi connectivity index (χ2n) is 4.37. The maximum atomic E-state index is 13.4. The monoisotopic (exact) mass is 299 g/mol. The fourth-order valence-electron chi connectivity index (χ4n) is 1.88. The van der Waals surface area contributed by atoms with Gasteiger partial charge in [-0.3, -0.25) is 0 Å². The van der Waals surface area contributed by atoms with E-state index < -0.39 is 5.82 Å². The van der Waals surface area contributed by atoms with E-state index in [-0.39, 0.29) is 29.3 Å². The van der Waals surface area contributed by atoms with Gasteiger partial charge < -0.3 is 16.2 Å². The number of aromatic nitrogens is 3. The summed E-state index contributed by atoms with van der Waals surface area (Å²) in [5.74, 6) is -0.339. The van der Waals surface area contributed by atoms with Crippen molar-refractivity contribution in [1.29, 1.82) is 0 Å². The van der Waals surface area contributed by atoms with Gasteiger partial charge in [-0.15, -0.1) is 0 Å². The predicted molar refractivity (Wildman–Crippen MR) is 76.1 cm³/mol. The molecule has 0 bridgehead atoms. The highest BCUT2D eigenvalue weighted by atomic mass is 35.5. The third-order valence-corrected chi connectivity index (χ3v) is 3.06. The lowest BCUT2D eigenvalue weighted by atomic mass is 10.2. The summed E-state index contributed by atoms with van der Waals surface area (Å²) in [4.78, 5) is 11.9. The zero-order valence-corrected chi connectivity index (χ0v) is 11.7. The number of nitrogen functional groups attached to an aromatic ring is 1. The molecule has 1 unspecified atom stereocenters. The molecule has 2 heterocycles. The summed E-state index contributed by atoms with van der Waals surface area (Å²) in [5, 5.41) is 12.1. The van der Waals surface area contributed by atoms with Crippen molar-refractivity contribution in [1.82, 2.24) is 15.0 Å². The molecule has 6 nitrogen and oxygen atoms in total. The first-order valence-electron chi connectivity index (χ1n) is 6.21. The summed E-state index contributed by atoms with van der Waals surface area (Å²) in [6, 6.07) is 0.963. The number of fused-ring (bicyclic) bond motifs is 1. The molecule has 0 radical (unpaired) electrons. The number of nitrogens with two attached hydrogens (primary N) is 1. The van der Waals surface area contributed by atoms with Crippen molar-refractivity contribution in [3.8, 4) is 0 Å².